The third-order valence-electron chi connectivity index (χ3n) is 8.01. The summed E-state index contributed by atoms with van der Waals surface area (Å²) in [6.07, 6.45) is 4.43. The molecule has 3 aliphatic rings. The van der Waals surface area contributed by atoms with Crippen molar-refractivity contribution >= 4 is 5.78 Å². The average Bonchev–Trinajstić information content (AvgIpc) is 2.49. The molecule has 1 heterocycles. The SMILES string of the molecule is CC1(C)C(=O)CC[C@]2(C)[C@H]3CC[C@@](C)([C@@H](O)CO)O[C@@]3(C)CC[C@@H]12. The number of aliphatic hydroxyl groups is 2. The molecule has 0 aromatic carbocycles. The zero-order chi connectivity index (χ0) is 18.0. The fourth-order valence-corrected chi connectivity index (χ4v) is 6.51. The zero-order valence-corrected chi connectivity index (χ0v) is 15.9. The molecule has 0 radical (unpaired) electrons. The lowest BCUT2D eigenvalue weighted by Crippen LogP contribution is -2.65. The molecule has 1 aliphatic heterocycles. The lowest BCUT2D eigenvalue weighted by molar-refractivity contribution is -0.285. The molecule has 24 heavy (non-hydrogen) atoms. The molecule has 0 aromatic rings. The van der Waals surface area contributed by atoms with Gasteiger partial charge in [-0.3, -0.25) is 4.79 Å². The average molecular weight is 338 g/mol. The topological polar surface area (TPSA) is 66.8 Å². The standard InChI is InChI=1S/C20H34O4/c1-17(2)13-6-10-19(4)14(18(13,3)9-8-15(17)22)7-11-20(5,24-19)16(23)12-21/h13-14,16,21,23H,6-12H2,1-5H3/t13-,14+,16-,18-,19-,20-/m0/s1. The molecular formula is C20H34O4. The second kappa shape index (κ2) is 5.52. The van der Waals surface area contributed by atoms with Crippen molar-refractivity contribution in [3.63, 3.8) is 0 Å². The minimum atomic E-state index is -0.842. The van der Waals surface area contributed by atoms with E-state index in [1.165, 1.54) is 0 Å². The summed E-state index contributed by atoms with van der Waals surface area (Å²) in [5.74, 6) is 1.21. The van der Waals surface area contributed by atoms with Crippen LogP contribution in [0.25, 0.3) is 0 Å². The number of ketones is 1. The van der Waals surface area contributed by atoms with Gasteiger partial charge in [-0.15, -0.1) is 0 Å². The van der Waals surface area contributed by atoms with Gasteiger partial charge in [-0.25, -0.2) is 0 Å². The van der Waals surface area contributed by atoms with Gasteiger partial charge in [0.25, 0.3) is 0 Å². The van der Waals surface area contributed by atoms with E-state index in [-0.39, 0.29) is 23.0 Å². The van der Waals surface area contributed by atoms with Crippen LogP contribution in [0.15, 0.2) is 0 Å². The molecule has 0 unspecified atom stereocenters. The van der Waals surface area contributed by atoms with Crippen molar-refractivity contribution in [3.05, 3.63) is 0 Å². The molecule has 4 nitrogen and oxygen atoms in total. The summed E-state index contributed by atoms with van der Waals surface area (Å²) in [6, 6.07) is 0. The summed E-state index contributed by atoms with van der Waals surface area (Å²) >= 11 is 0. The number of rotatable bonds is 2. The molecule has 3 fully saturated rings. The second-order valence-electron chi connectivity index (χ2n) is 9.76. The Morgan fingerprint density at radius 2 is 1.71 bits per heavy atom. The van der Waals surface area contributed by atoms with Crippen molar-refractivity contribution in [3.8, 4) is 0 Å². The van der Waals surface area contributed by atoms with Crippen LogP contribution in [0.4, 0.5) is 0 Å². The third kappa shape index (κ3) is 2.40. The van der Waals surface area contributed by atoms with Crippen molar-refractivity contribution in [2.75, 3.05) is 6.61 Å². The molecule has 0 spiro atoms. The number of carbonyl (C=O) groups is 1. The Labute approximate surface area is 146 Å². The van der Waals surface area contributed by atoms with E-state index in [1.807, 2.05) is 6.92 Å². The predicted octanol–water partition coefficient (Wildman–Crippen LogP) is 3.09. The van der Waals surface area contributed by atoms with E-state index in [0.29, 0.717) is 24.0 Å². The Morgan fingerprint density at radius 3 is 2.33 bits per heavy atom. The minimum Gasteiger partial charge on any atom is -0.394 e. The van der Waals surface area contributed by atoms with Gasteiger partial charge in [0.1, 0.15) is 11.9 Å². The first-order chi connectivity index (χ1) is 11.0. The number of fused-ring (bicyclic) bond motifs is 3. The molecule has 2 N–H and O–H groups in total. The van der Waals surface area contributed by atoms with Crippen LogP contribution < -0.4 is 0 Å². The van der Waals surface area contributed by atoms with E-state index in [0.717, 1.165) is 32.1 Å². The van der Waals surface area contributed by atoms with Gasteiger partial charge in [-0.2, -0.15) is 0 Å². The van der Waals surface area contributed by atoms with E-state index in [9.17, 15) is 15.0 Å². The van der Waals surface area contributed by atoms with Gasteiger partial charge in [0.15, 0.2) is 0 Å². The molecule has 0 bridgehead atoms. The van der Waals surface area contributed by atoms with Gasteiger partial charge in [-0.1, -0.05) is 20.8 Å². The number of hydrogen-bond acceptors (Lipinski definition) is 4. The van der Waals surface area contributed by atoms with Crippen LogP contribution in [-0.4, -0.2) is 39.9 Å². The van der Waals surface area contributed by atoms with Gasteiger partial charge in [0.2, 0.25) is 0 Å². The van der Waals surface area contributed by atoms with Gasteiger partial charge in [0.05, 0.1) is 17.8 Å². The highest BCUT2D eigenvalue weighted by Gasteiger charge is 2.63. The van der Waals surface area contributed by atoms with Crippen LogP contribution in [0.3, 0.4) is 0 Å². The Bertz CT molecular complexity index is 530. The number of hydrogen-bond donors (Lipinski definition) is 2. The molecule has 4 heteroatoms. The van der Waals surface area contributed by atoms with Crippen LogP contribution in [0.1, 0.15) is 73.1 Å². The maximum Gasteiger partial charge on any atom is 0.138 e. The predicted molar refractivity (Wildman–Crippen MR) is 92.6 cm³/mol. The van der Waals surface area contributed by atoms with E-state index in [1.54, 1.807) is 0 Å². The fraction of sp³-hybridized carbons (Fsp3) is 0.950. The second-order valence-corrected chi connectivity index (χ2v) is 9.76. The van der Waals surface area contributed by atoms with Crippen molar-refractivity contribution in [1.82, 2.24) is 0 Å². The molecule has 138 valence electrons. The molecule has 0 aromatic heterocycles. The lowest BCUT2D eigenvalue weighted by Gasteiger charge is -2.65. The van der Waals surface area contributed by atoms with Gasteiger partial charge >= 0.3 is 0 Å². The molecule has 6 atom stereocenters. The maximum absolute atomic E-state index is 12.5. The third-order valence-corrected chi connectivity index (χ3v) is 8.01. The van der Waals surface area contributed by atoms with E-state index in [2.05, 4.69) is 27.7 Å². The zero-order valence-electron chi connectivity index (χ0n) is 15.9. The normalized spacial score (nSPS) is 49.2. The Kier molecular flexibility index (Phi) is 4.22. The fourth-order valence-electron chi connectivity index (χ4n) is 6.51. The highest BCUT2D eigenvalue weighted by Crippen LogP contribution is 2.64. The Balaban J connectivity index is 1.92. The maximum atomic E-state index is 12.5. The lowest BCUT2D eigenvalue weighted by atomic mass is 9.44. The summed E-state index contributed by atoms with van der Waals surface area (Å²) in [5.41, 5.74) is -1.11. The first-order valence-electron chi connectivity index (χ1n) is 9.52. The molecule has 2 aliphatic carbocycles. The molecule has 1 saturated heterocycles. The highest BCUT2D eigenvalue weighted by molar-refractivity contribution is 5.85. The summed E-state index contributed by atoms with van der Waals surface area (Å²) in [5, 5.41) is 19.6. The monoisotopic (exact) mass is 338 g/mol. The first kappa shape index (κ1) is 18.3. The summed E-state index contributed by atoms with van der Waals surface area (Å²) in [6.45, 7) is 10.5. The van der Waals surface area contributed by atoms with Gasteiger partial charge < -0.3 is 14.9 Å². The number of carbonyl (C=O) groups excluding carboxylic acids is 1. The van der Waals surface area contributed by atoms with Crippen molar-refractivity contribution in [2.24, 2.45) is 22.7 Å². The molecule has 3 rings (SSSR count). The van der Waals surface area contributed by atoms with Crippen LogP contribution >= 0.6 is 0 Å². The molecule has 2 saturated carbocycles. The number of aliphatic hydroxyl groups excluding tert-OH is 2. The van der Waals surface area contributed by atoms with Gasteiger partial charge in [-0.05, 0) is 63.2 Å². The van der Waals surface area contributed by atoms with E-state index in [4.69, 9.17) is 4.74 Å². The van der Waals surface area contributed by atoms with Crippen molar-refractivity contribution in [1.29, 1.82) is 0 Å². The van der Waals surface area contributed by atoms with Gasteiger partial charge in [0, 0.05) is 11.8 Å². The Hall–Kier alpha value is -0.450. The summed E-state index contributed by atoms with van der Waals surface area (Å²) < 4.78 is 6.53. The Morgan fingerprint density at radius 1 is 1.08 bits per heavy atom. The minimum absolute atomic E-state index is 0.107. The summed E-state index contributed by atoms with van der Waals surface area (Å²) in [7, 11) is 0. The molecular weight excluding hydrogens is 304 g/mol. The summed E-state index contributed by atoms with van der Waals surface area (Å²) in [4.78, 5) is 12.5. The van der Waals surface area contributed by atoms with Crippen molar-refractivity contribution in [2.45, 2.75) is 90.4 Å². The first-order valence-corrected chi connectivity index (χ1v) is 9.52. The van der Waals surface area contributed by atoms with Crippen LogP contribution in [0.5, 0.6) is 0 Å². The van der Waals surface area contributed by atoms with Crippen LogP contribution in [0.2, 0.25) is 0 Å². The van der Waals surface area contributed by atoms with Crippen molar-refractivity contribution < 1.29 is 19.7 Å². The van der Waals surface area contributed by atoms with Crippen LogP contribution in [-0.2, 0) is 9.53 Å². The van der Waals surface area contributed by atoms with Crippen LogP contribution in [0, 0.1) is 22.7 Å². The number of ether oxygens (including phenoxy) is 1. The number of Topliss-reactive ketones (excluding diaryl/α,β-unsaturated/α-hetero) is 1. The smallest absolute Gasteiger partial charge is 0.138 e. The largest absolute Gasteiger partial charge is 0.394 e. The van der Waals surface area contributed by atoms with E-state index < -0.39 is 11.7 Å². The molecule has 0 amide bonds. The van der Waals surface area contributed by atoms with E-state index >= 15 is 0 Å². The highest BCUT2D eigenvalue weighted by atomic mass is 16.5. The quantitative estimate of drug-likeness (QED) is 0.812.